The fourth-order valence-corrected chi connectivity index (χ4v) is 2.11. The Morgan fingerprint density at radius 1 is 1.33 bits per heavy atom. The Labute approximate surface area is 137 Å². The van der Waals surface area contributed by atoms with E-state index in [1.54, 1.807) is 19.1 Å². The lowest BCUT2D eigenvalue weighted by atomic mass is 10.1. The molecular weight excluding hydrogens is 316 g/mol. The summed E-state index contributed by atoms with van der Waals surface area (Å²) >= 11 is 0. The van der Waals surface area contributed by atoms with Crippen LogP contribution in [0.1, 0.15) is 21.7 Å². The van der Waals surface area contributed by atoms with Gasteiger partial charge in [0.15, 0.2) is 0 Å². The van der Waals surface area contributed by atoms with Crippen LogP contribution in [-0.4, -0.2) is 38.0 Å². The van der Waals surface area contributed by atoms with Crippen LogP contribution < -0.4 is 5.32 Å². The molecule has 0 aliphatic rings. The van der Waals surface area contributed by atoms with Crippen molar-refractivity contribution >= 4 is 17.7 Å². The highest BCUT2D eigenvalue weighted by Gasteiger charge is 2.16. The third-order valence-corrected chi connectivity index (χ3v) is 3.40. The molecule has 1 heterocycles. The number of carbonyl (C=O) groups excluding carboxylic acids is 1. The molecule has 0 radical (unpaired) electrons. The van der Waals surface area contributed by atoms with E-state index in [0.29, 0.717) is 18.8 Å². The van der Waals surface area contributed by atoms with Gasteiger partial charge in [0.25, 0.3) is 0 Å². The van der Waals surface area contributed by atoms with Gasteiger partial charge in [-0.1, -0.05) is 12.1 Å². The Bertz CT molecular complexity index is 767. The summed E-state index contributed by atoms with van der Waals surface area (Å²) in [6, 6.07) is 6.40. The van der Waals surface area contributed by atoms with Crippen LogP contribution in [0.4, 0.5) is 5.82 Å². The average molecular weight is 332 g/mol. The first-order valence-electron chi connectivity index (χ1n) is 7.14. The molecule has 2 rings (SSSR count). The van der Waals surface area contributed by atoms with Gasteiger partial charge in [0.2, 0.25) is 11.7 Å². The van der Waals surface area contributed by atoms with Crippen molar-refractivity contribution < 1.29 is 19.6 Å². The molecular formula is C15H16N4O5. The Balaban J connectivity index is 1.83. The number of nitrogens with zero attached hydrogens (tertiary/aromatic N) is 3. The molecule has 2 aromatic rings. The lowest BCUT2D eigenvalue weighted by Gasteiger charge is -2.06. The lowest BCUT2D eigenvalue weighted by Crippen LogP contribution is -2.29. The van der Waals surface area contributed by atoms with Crippen molar-refractivity contribution in [2.75, 3.05) is 6.54 Å². The molecule has 0 spiro atoms. The van der Waals surface area contributed by atoms with Crippen molar-refractivity contribution in [3.8, 4) is 0 Å². The maximum absolute atomic E-state index is 11.9. The lowest BCUT2D eigenvalue weighted by molar-refractivity contribution is -0.389. The molecule has 126 valence electrons. The predicted molar refractivity (Wildman–Crippen MR) is 83.7 cm³/mol. The second-order valence-electron chi connectivity index (χ2n) is 5.13. The predicted octanol–water partition coefficient (Wildman–Crippen LogP) is 1.16. The van der Waals surface area contributed by atoms with E-state index in [9.17, 15) is 19.7 Å². The molecule has 0 aliphatic heterocycles. The second kappa shape index (κ2) is 7.36. The summed E-state index contributed by atoms with van der Waals surface area (Å²) in [5.41, 5.74) is 1.11. The maximum atomic E-state index is 11.9. The fraction of sp³-hybridized carbons (Fsp3) is 0.267. The Morgan fingerprint density at radius 2 is 2.00 bits per heavy atom. The van der Waals surface area contributed by atoms with Gasteiger partial charge in [-0.15, -0.1) is 0 Å². The minimum atomic E-state index is -0.986. The van der Waals surface area contributed by atoms with Crippen molar-refractivity contribution in [1.82, 2.24) is 14.9 Å². The number of carboxylic acid groups (broad SMARTS) is 1. The molecule has 0 saturated carbocycles. The molecule has 9 nitrogen and oxygen atoms in total. The number of hydrogen-bond donors (Lipinski definition) is 2. The number of carbonyl (C=O) groups is 2. The molecule has 1 aromatic carbocycles. The van der Waals surface area contributed by atoms with Gasteiger partial charge in [0.05, 0.1) is 5.56 Å². The summed E-state index contributed by atoms with van der Waals surface area (Å²) in [5, 5.41) is 22.2. The van der Waals surface area contributed by atoms with E-state index in [0.717, 1.165) is 5.56 Å². The Hall–Kier alpha value is -3.23. The summed E-state index contributed by atoms with van der Waals surface area (Å²) in [6.45, 7) is 1.91. The summed E-state index contributed by atoms with van der Waals surface area (Å²) < 4.78 is 1.41. The highest BCUT2D eigenvalue weighted by Crippen LogP contribution is 2.10. The summed E-state index contributed by atoms with van der Waals surface area (Å²) in [5.74, 6) is -1.17. The quantitative estimate of drug-likeness (QED) is 0.578. The molecule has 0 unspecified atom stereocenters. The first-order valence-corrected chi connectivity index (χ1v) is 7.14. The molecule has 0 fully saturated rings. The Morgan fingerprint density at radius 3 is 2.54 bits per heavy atom. The number of carboxylic acids is 1. The van der Waals surface area contributed by atoms with Crippen molar-refractivity contribution in [3.05, 3.63) is 57.5 Å². The molecule has 0 saturated heterocycles. The highest BCUT2D eigenvalue weighted by molar-refractivity contribution is 5.87. The van der Waals surface area contributed by atoms with Crippen LogP contribution in [0.5, 0.6) is 0 Å². The largest absolute Gasteiger partial charge is 0.478 e. The molecule has 0 aliphatic carbocycles. The van der Waals surface area contributed by atoms with Gasteiger partial charge >= 0.3 is 11.8 Å². The molecule has 0 atom stereocenters. The second-order valence-corrected chi connectivity index (χ2v) is 5.13. The van der Waals surface area contributed by atoms with Gasteiger partial charge in [-0.2, -0.15) is 0 Å². The zero-order chi connectivity index (χ0) is 17.7. The van der Waals surface area contributed by atoms with E-state index in [2.05, 4.69) is 10.3 Å². The fourth-order valence-electron chi connectivity index (χ4n) is 2.11. The minimum Gasteiger partial charge on any atom is -0.478 e. The van der Waals surface area contributed by atoms with E-state index in [4.69, 9.17) is 5.11 Å². The molecule has 24 heavy (non-hydrogen) atoms. The summed E-state index contributed by atoms with van der Waals surface area (Å²) in [7, 11) is 0. The van der Waals surface area contributed by atoms with Gasteiger partial charge in [0.1, 0.15) is 12.7 Å². The maximum Gasteiger partial charge on any atom is 0.381 e. The first kappa shape index (κ1) is 17.1. The number of aromatic nitrogens is 2. The number of aryl methyl sites for hydroxylation is 1. The van der Waals surface area contributed by atoms with Crippen LogP contribution in [0.3, 0.4) is 0 Å². The van der Waals surface area contributed by atoms with Crippen molar-refractivity contribution in [2.45, 2.75) is 19.9 Å². The standard InChI is InChI=1S/C15H16N4O5/c1-10-17-13(19(23)24)8-18(10)9-14(20)16-7-6-11-2-4-12(5-3-11)15(21)22/h2-5,8H,6-7,9H2,1H3,(H,16,20)(H,21,22). The number of rotatable bonds is 7. The van der Waals surface area contributed by atoms with Crippen LogP contribution in [-0.2, 0) is 17.8 Å². The normalized spacial score (nSPS) is 10.4. The van der Waals surface area contributed by atoms with Crippen LogP contribution in [0.2, 0.25) is 0 Å². The molecule has 1 aromatic heterocycles. The Kier molecular flexibility index (Phi) is 5.25. The van der Waals surface area contributed by atoms with Crippen molar-refractivity contribution in [2.24, 2.45) is 0 Å². The van der Waals surface area contributed by atoms with E-state index in [-0.39, 0.29) is 23.8 Å². The van der Waals surface area contributed by atoms with E-state index >= 15 is 0 Å². The number of imidazole rings is 1. The van der Waals surface area contributed by atoms with Crippen molar-refractivity contribution in [1.29, 1.82) is 0 Å². The van der Waals surface area contributed by atoms with Gasteiger partial charge in [-0.05, 0) is 34.0 Å². The smallest absolute Gasteiger partial charge is 0.381 e. The SMILES string of the molecule is Cc1nc([N+](=O)[O-])cn1CC(=O)NCCc1ccc(C(=O)O)cc1. The van der Waals surface area contributed by atoms with Crippen LogP contribution >= 0.6 is 0 Å². The number of nitro groups is 1. The highest BCUT2D eigenvalue weighted by atomic mass is 16.6. The monoisotopic (exact) mass is 332 g/mol. The summed E-state index contributed by atoms with van der Waals surface area (Å²) in [6.07, 6.45) is 1.77. The average Bonchev–Trinajstić information content (AvgIpc) is 2.89. The topological polar surface area (TPSA) is 127 Å². The van der Waals surface area contributed by atoms with E-state index in [1.165, 1.54) is 22.9 Å². The van der Waals surface area contributed by atoms with Crippen molar-refractivity contribution in [3.63, 3.8) is 0 Å². The molecule has 1 amide bonds. The van der Waals surface area contributed by atoms with E-state index < -0.39 is 10.9 Å². The van der Waals surface area contributed by atoms with Gasteiger partial charge in [-0.3, -0.25) is 9.36 Å². The molecule has 2 N–H and O–H groups in total. The summed E-state index contributed by atoms with van der Waals surface area (Å²) in [4.78, 5) is 36.4. The third-order valence-electron chi connectivity index (χ3n) is 3.40. The van der Waals surface area contributed by atoms with Gasteiger partial charge in [-0.25, -0.2) is 4.79 Å². The third kappa shape index (κ3) is 4.38. The van der Waals surface area contributed by atoms with Gasteiger partial charge in [0, 0.05) is 13.5 Å². The zero-order valence-electron chi connectivity index (χ0n) is 12.9. The number of nitrogens with one attached hydrogen (secondary N) is 1. The first-order chi connectivity index (χ1) is 11.4. The molecule has 9 heteroatoms. The number of amides is 1. The number of aromatic carboxylic acids is 1. The van der Waals surface area contributed by atoms with E-state index in [1.807, 2.05) is 0 Å². The number of hydrogen-bond acceptors (Lipinski definition) is 5. The van der Waals surface area contributed by atoms with Gasteiger partial charge < -0.3 is 20.5 Å². The minimum absolute atomic E-state index is 0.0510. The van der Waals surface area contributed by atoms with Crippen LogP contribution in [0, 0.1) is 17.0 Å². The van der Waals surface area contributed by atoms with Crippen LogP contribution in [0.25, 0.3) is 0 Å². The molecule has 0 bridgehead atoms. The van der Waals surface area contributed by atoms with Crippen LogP contribution in [0.15, 0.2) is 30.5 Å². The number of benzene rings is 1. The zero-order valence-corrected chi connectivity index (χ0v) is 12.9.